The lowest BCUT2D eigenvalue weighted by molar-refractivity contribution is 0.103. The predicted molar refractivity (Wildman–Crippen MR) is 115 cm³/mol. The number of thiazole rings is 1. The Morgan fingerprint density at radius 2 is 1.82 bits per heavy atom. The Hall–Kier alpha value is -2.84. The lowest BCUT2D eigenvalue weighted by atomic mass is 10.1. The zero-order valence-corrected chi connectivity index (χ0v) is 17.5. The zero-order valence-electron chi connectivity index (χ0n) is 15.9. The van der Waals surface area contributed by atoms with Gasteiger partial charge in [0.1, 0.15) is 4.83 Å². The van der Waals surface area contributed by atoms with Gasteiger partial charge >= 0.3 is 0 Å². The van der Waals surface area contributed by atoms with Gasteiger partial charge in [0, 0.05) is 17.5 Å². The summed E-state index contributed by atoms with van der Waals surface area (Å²) < 4.78 is 1.42. The topological polar surface area (TPSA) is 76.9 Å². The van der Waals surface area contributed by atoms with Crippen LogP contribution in [0.4, 0.5) is 5.13 Å². The van der Waals surface area contributed by atoms with E-state index in [-0.39, 0.29) is 11.5 Å². The van der Waals surface area contributed by atoms with E-state index in [1.807, 2.05) is 38.1 Å². The molecule has 0 aliphatic rings. The molecule has 3 heterocycles. The Bertz CT molecular complexity index is 1270. The normalized spacial score (nSPS) is 11.1. The summed E-state index contributed by atoms with van der Waals surface area (Å²) >= 11 is 2.66. The first-order valence-corrected chi connectivity index (χ1v) is 10.3. The molecule has 3 aromatic heterocycles. The molecule has 0 unspecified atom stereocenters. The Morgan fingerprint density at radius 1 is 1.11 bits per heavy atom. The number of hydrogen-bond donors (Lipinski definition) is 1. The van der Waals surface area contributed by atoms with Crippen LogP contribution in [0.1, 0.15) is 25.7 Å². The number of nitrogens with zero attached hydrogens (tertiary/aromatic N) is 3. The van der Waals surface area contributed by atoms with E-state index in [4.69, 9.17) is 0 Å². The highest BCUT2D eigenvalue weighted by molar-refractivity contribution is 7.21. The van der Waals surface area contributed by atoms with E-state index >= 15 is 0 Å². The second-order valence-corrected chi connectivity index (χ2v) is 8.84. The van der Waals surface area contributed by atoms with E-state index in [2.05, 4.69) is 15.3 Å². The van der Waals surface area contributed by atoms with Crippen LogP contribution in [0, 0.1) is 20.8 Å². The van der Waals surface area contributed by atoms with Crippen molar-refractivity contribution in [3.05, 3.63) is 61.8 Å². The molecule has 0 saturated heterocycles. The average molecular weight is 411 g/mol. The molecule has 0 radical (unpaired) electrons. The number of benzene rings is 1. The number of fused-ring (bicyclic) bond motifs is 1. The van der Waals surface area contributed by atoms with Crippen LogP contribution < -0.4 is 10.9 Å². The Labute approximate surface area is 169 Å². The minimum absolute atomic E-state index is 0.149. The fourth-order valence-electron chi connectivity index (χ4n) is 3.01. The van der Waals surface area contributed by atoms with Gasteiger partial charge in [-0.2, -0.15) is 0 Å². The number of carbonyl (C=O) groups is 1. The van der Waals surface area contributed by atoms with Crippen LogP contribution in [0.25, 0.3) is 21.5 Å². The summed E-state index contributed by atoms with van der Waals surface area (Å²) in [5.41, 5.74) is 3.57. The number of nitrogens with one attached hydrogen (secondary N) is 1. The van der Waals surface area contributed by atoms with E-state index < -0.39 is 0 Å². The number of rotatable bonds is 3. The van der Waals surface area contributed by atoms with Crippen molar-refractivity contribution in [1.82, 2.24) is 14.5 Å². The zero-order chi connectivity index (χ0) is 20.0. The summed E-state index contributed by atoms with van der Waals surface area (Å²) in [7, 11) is 1.65. The molecule has 6 nitrogen and oxygen atoms in total. The fourth-order valence-corrected chi connectivity index (χ4v) is 4.87. The minimum atomic E-state index is -0.272. The standard InChI is InChI=1S/C20H18N4O2S2/c1-10-5-7-13(8-6-10)15-12(3)27-20(22-15)23-17(25)16-11(2)14-18(28-16)21-9-24(4)19(14)26/h5-9H,1-4H3,(H,22,23,25). The maximum absolute atomic E-state index is 12.8. The van der Waals surface area contributed by atoms with E-state index in [1.54, 1.807) is 14.0 Å². The molecule has 4 rings (SSSR count). The molecule has 4 aromatic rings. The van der Waals surface area contributed by atoms with E-state index in [9.17, 15) is 9.59 Å². The summed E-state index contributed by atoms with van der Waals surface area (Å²) in [6.07, 6.45) is 1.47. The third-order valence-electron chi connectivity index (χ3n) is 4.56. The van der Waals surface area contributed by atoms with Crippen molar-refractivity contribution in [3.63, 3.8) is 0 Å². The fraction of sp³-hybridized carbons (Fsp3) is 0.200. The summed E-state index contributed by atoms with van der Waals surface area (Å²) in [4.78, 5) is 36.1. The number of hydrogen-bond acceptors (Lipinski definition) is 6. The monoisotopic (exact) mass is 410 g/mol. The first kappa shape index (κ1) is 18.5. The highest BCUT2D eigenvalue weighted by Gasteiger charge is 2.20. The molecule has 0 aliphatic carbocycles. The van der Waals surface area contributed by atoms with Gasteiger partial charge in [-0.25, -0.2) is 9.97 Å². The van der Waals surface area contributed by atoms with Crippen LogP contribution in [-0.2, 0) is 7.05 Å². The van der Waals surface area contributed by atoms with Crippen molar-refractivity contribution < 1.29 is 4.79 Å². The minimum Gasteiger partial charge on any atom is -0.302 e. The van der Waals surface area contributed by atoms with Gasteiger partial charge in [-0.1, -0.05) is 29.8 Å². The molecule has 28 heavy (non-hydrogen) atoms. The van der Waals surface area contributed by atoms with Gasteiger partial charge in [0.15, 0.2) is 5.13 Å². The molecule has 0 saturated carbocycles. The number of aryl methyl sites for hydroxylation is 4. The van der Waals surface area contributed by atoms with Crippen LogP contribution in [0.2, 0.25) is 0 Å². The van der Waals surface area contributed by atoms with Gasteiger partial charge in [-0.3, -0.25) is 14.9 Å². The summed E-state index contributed by atoms with van der Waals surface area (Å²) in [5, 5.41) is 3.91. The molecule has 0 fully saturated rings. The molecule has 0 atom stereocenters. The maximum atomic E-state index is 12.8. The summed E-state index contributed by atoms with van der Waals surface area (Å²) in [5.74, 6) is -0.272. The smallest absolute Gasteiger partial charge is 0.267 e. The van der Waals surface area contributed by atoms with Crippen LogP contribution in [0.5, 0.6) is 0 Å². The SMILES string of the molecule is Cc1ccc(-c2nc(NC(=O)c3sc4ncn(C)c(=O)c4c3C)sc2C)cc1. The first-order chi connectivity index (χ1) is 13.3. The first-order valence-electron chi connectivity index (χ1n) is 8.65. The molecular weight excluding hydrogens is 392 g/mol. The molecule has 1 amide bonds. The average Bonchev–Trinajstić information content (AvgIpc) is 3.19. The molecule has 1 aromatic carbocycles. The second kappa shape index (κ2) is 6.96. The lowest BCUT2D eigenvalue weighted by Gasteiger charge is -2.01. The highest BCUT2D eigenvalue weighted by Crippen LogP contribution is 2.32. The quantitative estimate of drug-likeness (QED) is 0.546. The van der Waals surface area contributed by atoms with Crippen molar-refractivity contribution in [1.29, 1.82) is 0 Å². The molecule has 0 spiro atoms. The maximum Gasteiger partial charge on any atom is 0.267 e. The molecule has 8 heteroatoms. The molecule has 142 valence electrons. The molecular formula is C20H18N4O2S2. The van der Waals surface area contributed by atoms with Crippen molar-refractivity contribution in [3.8, 4) is 11.3 Å². The second-order valence-electron chi connectivity index (χ2n) is 6.64. The van der Waals surface area contributed by atoms with Gasteiger partial charge in [-0.05, 0) is 26.3 Å². The van der Waals surface area contributed by atoms with Crippen LogP contribution >= 0.6 is 22.7 Å². The lowest BCUT2D eigenvalue weighted by Crippen LogP contribution is -2.17. The van der Waals surface area contributed by atoms with E-state index in [1.165, 1.54) is 39.1 Å². The third kappa shape index (κ3) is 3.14. The van der Waals surface area contributed by atoms with Crippen LogP contribution in [0.15, 0.2) is 35.4 Å². The number of aromatic nitrogens is 3. The Balaban J connectivity index is 1.66. The number of carbonyl (C=O) groups excluding carboxylic acids is 1. The number of thiophene rings is 1. The molecule has 0 bridgehead atoms. The number of amides is 1. The van der Waals surface area contributed by atoms with Gasteiger partial charge in [0.05, 0.1) is 22.3 Å². The van der Waals surface area contributed by atoms with Crippen LogP contribution in [0.3, 0.4) is 0 Å². The van der Waals surface area contributed by atoms with Gasteiger partial charge < -0.3 is 4.57 Å². The Morgan fingerprint density at radius 3 is 2.54 bits per heavy atom. The summed E-state index contributed by atoms with van der Waals surface area (Å²) in [6.45, 7) is 5.81. The van der Waals surface area contributed by atoms with Gasteiger partial charge in [0.25, 0.3) is 11.5 Å². The highest BCUT2D eigenvalue weighted by atomic mass is 32.1. The van der Waals surface area contributed by atoms with Crippen molar-refractivity contribution >= 4 is 43.9 Å². The van der Waals surface area contributed by atoms with E-state index in [0.717, 1.165) is 16.1 Å². The van der Waals surface area contributed by atoms with E-state index in [0.29, 0.717) is 25.8 Å². The van der Waals surface area contributed by atoms with Crippen LogP contribution in [-0.4, -0.2) is 20.4 Å². The van der Waals surface area contributed by atoms with Crippen molar-refractivity contribution in [2.45, 2.75) is 20.8 Å². The van der Waals surface area contributed by atoms with Gasteiger partial charge in [0.2, 0.25) is 0 Å². The third-order valence-corrected chi connectivity index (χ3v) is 6.64. The van der Waals surface area contributed by atoms with Crippen molar-refractivity contribution in [2.24, 2.45) is 7.05 Å². The van der Waals surface area contributed by atoms with Crippen molar-refractivity contribution in [2.75, 3.05) is 5.32 Å². The Kier molecular flexibility index (Phi) is 4.60. The number of anilines is 1. The molecule has 0 aliphatic heterocycles. The predicted octanol–water partition coefficient (Wildman–Crippen LogP) is 4.30. The van der Waals surface area contributed by atoms with Gasteiger partial charge in [-0.15, -0.1) is 22.7 Å². The largest absolute Gasteiger partial charge is 0.302 e. The summed E-state index contributed by atoms with van der Waals surface area (Å²) in [6, 6.07) is 8.14. The molecule has 1 N–H and O–H groups in total.